The maximum Gasteiger partial charge on any atom is 0.278 e. The molecule has 0 radical (unpaired) electrons. The molecule has 0 aromatic rings. The zero-order chi connectivity index (χ0) is 10.5. The van der Waals surface area contributed by atoms with E-state index in [1.807, 2.05) is 0 Å². The van der Waals surface area contributed by atoms with Gasteiger partial charge in [0.1, 0.15) is 6.23 Å². The summed E-state index contributed by atoms with van der Waals surface area (Å²) in [7, 11) is 0. The van der Waals surface area contributed by atoms with Crippen LogP contribution in [0.3, 0.4) is 0 Å². The molecule has 7 heteroatoms. The van der Waals surface area contributed by atoms with Gasteiger partial charge in [0.2, 0.25) is 5.72 Å². The minimum atomic E-state index is -2.06. The Morgan fingerprint density at radius 3 is 2.86 bits per heavy atom. The number of amides is 2. The SMILES string of the molecule is O=C1C(Br)=C[C@@]2(O)C(=O)NC[C@@H](O)N12. The zero-order valence-electron chi connectivity index (χ0n) is 6.90. The van der Waals surface area contributed by atoms with Crippen LogP contribution >= 0.6 is 15.9 Å². The summed E-state index contributed by atoms with van der Waals surface area (Å²) in [6, 6.07) is 0. The summed E-state index contributed by atoms with van der Waals surface area (Å²) in [5.41, 5.74) is -2.06. The van der Waals surface area contributed by atoms with Crippen molar-refractivity contribution in [3.05, 3.63) is 10.6 Å². The minimum absolute atomic E-state index is 0.0658. The molecule has 76 valence electrons. The van der Waals surface area contributed by atoms with Crippen molar-refractivity contribution in [3.63, 3.8) is 0 Å². The van der Waals surface area contributed by atoms with Crippen LogP contribution in [0.4, 0.5) is 0 Å². The minimum Gasteiger partial charge on any atom is -0.371 e. The maximum absolute atomic E-state index is 11.4. The Balaban J connectivity index is 2.47. The van der Waals surface area contributed by atoms with E-state index in [4.69, 9.17) is 0 Å². The van der Waals surface area contributed by atoms with E-state index < -0.39 is 23.8 Å². The molecule has 2 aliphatic heterocycles. The van der Waals surface area contributed by atoms with Gasteiger partial charge in [-0.05, 0) is 22.0 Å². The molecule has 0 aromatic heterocycles. The fraction of sp³-hybridized carbons (Fsp3) is 0.429. The molecule has 2 heterocycles. The van der Waals surface area contributed by atoms with Crippen LogP contribution in [-0.2, 0) is 9.59 Å². The van der Waals surface area contributed by atoms with E-state index in [2.05, 4.69) is 21.2 Å². The van der Waals surface area contributed by atoms with E-state index >= 15 is 0 Å². The molecule has 2 aliphatic rings. The first-order valence-corrected chi connectivity index (χ1v) is 4.67. The Hall–Kier alpha value is -0.920. The summed E-state index contributed by atoms with van der Waals surface area (Å²) in [5, 5.41) is 21.5. The Morgan fingerprint density at radius 1 is 1.64 bits per heavy atom. The van der Waals surface area contributed by atoms with E-state index in [1.54, 1.807) is 0 Å². The fourth-order valence-electron chi connectivity index (χ4n) is 1.52. The number of halogens is 1. The van der Waals surface area contributed by atoms with Crippen LogP contribution in [0.1, 0.15) is 0 Å². The Labute approximate surface area is 87.3 Å². The van der Waals surface area contributed by atoms with Crippen LogP contribution in [0.5, 0.6) is 0 Å². The molecule has 1 saturated heterocycles. The number of aliphatic hydroxyl groups is 2. The topological polar surface area (TPSA) is 89.9 Å². The Kier molecular flexibility index (Phi) is 1.91. The number of carbonyl (C=O) groups is 2. The van der Waals surface area contributed by atoms with Crippen LogP contribution in [0.2, 0.25) is 0 Å². The predicted octanol–water partition coefficient (Wildman–Crippen LogP) is -1.76. The van der Waals surface area contributed by atoms with Crippen LogP contribution in [0, 0.1) is 0 Å². The first-order valence-electron chi connectivity index (χ1n) is 3.87. The van der Waals surface area contributed by atoms with Gasteiger partial charge in [-0.25, -0.2) is 0 Å². The van der Waals surface area contributed by atoms with Crippen molar-refractivity contribution in [2.24, 2.45) is 0 Å². The average Bonchev–Trinajstić information content (AvgIpc) is 2.34. The van der Waals surface area contributed by atoms with Crippen LogP contribution in [0.25, 0.3) is 0 Å². The maximum atomic E-state index is 11.4. The van der Waals surface area contributed by atoms with Crippen molar-refractivity contribution in [2.45, 2.75) is 12.0 Å². The lowest BCUT2D eigenvalue weighted by atomic mass is 10.1. The predicted molar refractivity (Wildman–Crippen MR) is 47.8 cm³/mol. The molecule has 0 unspecified atom stereocenters. The van der Waals surface area contributed by atoms with Crippen molar-refractivity contribution in [1.29, 1.82) is 0 Å². The third kappa shape index (κ3) is 1.03. The largest absolute Gasteiger partial charge is 0.371 e. The number of carbonyl (C=O) groups excluding carboxylic acids is 2. The number of nitrogens with zero attached hydrogens (tertiary/aromatic N) is 1. The number of piperazine rings is 1. The number of nitrogens with one attached hydrogen (secondary N) is 1. The highest BCUT2D eigenvalue weighted by atomic mass is 79.9. The standard InChI is InChI=1S/C7H7BrN2O4/c8-3-1-7(14)6(13)9-2-4(11)10(7)5(3)12/h1,4,11,14H,2H2,(H,9,13)/t4-,7-/m1/s1. The normalized spacial score (nSPS) is 36.6. The third-order valence-electron chi connectivity index (χ3n) is 2.20. The summed E-state index contributed by atoms with van der Waals surface area (Å²) >= 11 is 2.90. The van der Waals surface area contributed by atoms with Gasteiger partial charge in [-0.2, -0.15) is 0 Å². The quantitative estimate of drug-likeness (QED) is 0.483. The van der Waals surface area contributed by atoms with E-state index in [0.717, 1.165) is 11.0 Å². The highest BCUT2D eigenvalue weighted by Gasteiger charge is 2.54. The van der Waals surface area contributed by atoms with Gasteiger partial charge in [0.05, 0.1) is 11.0 Å². The molecule has 0 saturated carbocycles. The summed E-state index contributed by atoms with van der Waals surface area (Å²) in [5.74, 6) is -1.32. The molecule has 2 atom stereocenters. The van der Waals surface area contributed by atoms with Crippen molar-refractivity contribution < 1.29 is 19.8 Å². The Bertz CT molecular complexity index is 356. The van der Waals surface area contributed by atoms with Gasteiger partial charge in [0, 0.05) is 0 Å². The van der Waals surface area contributed by atoms with Crippen LogP contribution in [-0.4, -0.2) is 45.4 Å². The molecule has 0 spiro atoms. The van der Waals surface area contributed by atoms with Gasteiger partial charge in [0.25, 0.3) is 11.8 Å². The second-order valence-electron chi connectivity index (χ2n) is 3.08. The summed E-state index contributed by atoms with van der Waals surface area (Å²) in [6.45, 7) is -0.0823. The van der Waals surface area contributed by atoms with Crippen LogP contribution in [0.15, 0.2) is 10.6 Å². The second-order valence-corrected chi connectivity index (χ2v) is 3.94. The molecule has 0 aromatic carbocycles. The Morgan fingerprint density at radius 2 is 2.29 bits per heavy atom. The first-order chi connectivity index (χ1) is 6.47. The van der Waals surface area contributed by atoms with Crippen LogP contribution < -0.4 is 5.32 Å². The zero-order valence-corrected chi connectivity index (χ0v) is 8.48. The van der Waals surface area contributed by atoms with Gasteiger partial charge >= 0.3 is 0 Å². The monoisotopic (exact) mass is 262 g/mol. The third-order valence-corrected chi connectivity index (χ3v) is 2.76. The summed E-state index contributed by atoms with van der Waals surface area (Å²) in [4.78, 5) is 23.4. The molecule has 6 nitrogen and oxygen atoms in total. The van der Waals surface area contributed by atoms with Gasteiger partial charge in [-0.1, -0.05) is 0 Å². The summed E-state index contributed by atoms with van der Waals surface area (Å²) in [6.07, 6.45) is -0.149. The number of fused-ring (bicyclic) bond motifs is 1. The molecule has 0 aliphatic carbocycles. The molecule has 1 fully saturated rings. The molecular weight excluding hydrogens is 256 g/mol. The van der Waals surface area contributed by atoms with Gasteiger partial charge < -0.3 is 15.5 Å². The van der Waals surface area contributed by atoms with Gasteiger partial charge in [-0.3, -0.25) is 14.5 Å². The molecule has 3 N–H and O–H groups in total. The number of rotatable bonds is 0. The lowest BCUT2D eigenvalue weighted by Crippen LogP contribution is -2.67. The molecule has 2 rings (SSSR count). The highest BCUT2D eigenvalue weighted by molar-refractivity contribution is 9.12. The number of β-amino-alcohol motifs (C(OH)–C–C–N with tert-alkyl or cyclic N) is 1. The van der Waals surface area contributed by atoms with E-state index in [9.17, 15) is 19.8 Å². The van der Waals surface area contributed by atoms with Gasteiger partial charge in [0.15, 0.2) is 0 Å². The molecule has 0 bridgehead atoms. The van der Waals surface area contributed by atoms with Crippen molar-refractivity contribution in [2.75, 3.05) is 6.54 Å². The van der Waals surface area contributed by atoms with Crippen molar-refractivity contribution in [1.82, 2.24) is 10.2 Å². The van der Waals surface area contributed by atoms with Crippen molar-refractivity contribution >= 4 is 27.7 Å². The first kappa shape index (κ1) is 9.63. The van der Waals surface area contributed by atoms with E-state index in [1.165, 1.54) is 0 Å². The lowest BCUT2D eigenvalue weighted by molar-refractivity contribution is -0.187. The lowest BCUT2D eigenvalue weighted by Gasteiger charge is -2.39. The number of aliphatic hydroxyl groups excluding tert-OH is 1. The van der Waals surface area contributed by atoms with E-state index in [0.29, 0.717) is 0 Å². The fourth-order valence-corrected chi connectivity index (χ4v) is 2.03. The highest BCUT2D eigenvalue weighted by Crippen LogP contribution is 2.32. The van der Waals surface area contributed by atoms with Gasteiger partial charge in [-0.15, -0.1) is 0 Å². The number of hydrogen-bond acceptors (Lipinski definition) is 4. The molecular formula is C7H7BrN2O4. The molecule has 14 heavy (non-hydrogen) atoms. The average molecular weight is 263 g/mol. The van der Waals surface area contributed by atoms with Crippen molar-refractivity contribution in [3.8, 4) is 0 Å². The smallest absolute Gasteiger partial charge is 0.278 e. The molecule has 2 amide bonds. The summed E-state index contributed by atoms with van der Waals surface area (Å²) < 4.78 is 0.0658. The second kappa shape index (κ2) is 2.78. The van der Waals surface area contributed by atoms with E-state index in [-0.39, 0.29) is 11.0 Å². The number of hydrogen-bond donors (Lipinski definition) is 3.